The zero-order valence-corrected chi connectivity index (χ0v) is 9.92. The van der Waals surface area contributed by atoms with Gasteiger partial charge in [0.05, 0.1) is 0 Å². The van der Waals surface area contributed by atoms with Crippen LogP contribution in [0.15, 0.2) is 35.2 Å². The molecule has 2 aliphatic carbocycles. The van der Waals surface area contributed by atoms with Gasteiger partial charge in [-0.1, -0.05) is 52.1 Å². The highest BCUT2D eigenvalue weighted by molar-refractivity contribution is 7.44. The zero-order valence-electron chi connectivity index (χ0n) is 8.92. The van der Waals surface area contributed by atoms with E-state index in [2.05, 4.69) is 31.2 Å². The van der Waals surface area contributed by atoms with Gasteiger partial charge in [-0.25, -0.2) is 0 Å². The van der Waals surface area contributed by atoms with Crippen molar-refractivity contribution in [2.75, 3.05) is 0 Å². The first-order chi connectivity index (χ1) is 6.90. The first-order valence-corrected chi connectivity index (χ1v) is 6.79. The van der Waals surface area contributed by atoms with E-state index in [0.717, 1.165) is 14.2 Å². The van der Waals surface area contributed by atoms with E-state index in [1.807, 2.05) is 0 Å². The van der Waals surface area contributed by atoms with Crippen LogP contribution in [0.5, 0.6) is 0 Å². The highest BCUT2D eigenvalue weighted by Crippen LogP contribution is 2.43. The van der Waals surface area contributed by atoms with Crippen LogP contribution >= 0.6 is 8.58 Å². The predicted octanol–water partition coefficient (Wildman–Crippen LogP) is 4.40. The van der Waals surface area contributed by atoms with Crippen molar-refractivity contribution in [2.45, 2.75) is 44.7 Å². The third-order valence-electron chi connectivity index (χ3n) is 3.13. The number of hydrogen-bond acceptors (Lipinski definition) is 0. The average molecular weight is 206 g/mol. The molecule has 0 amide bonds. The molecule has 2 rings (SSSR count). The van der Waals surface area contributed by atoms with Crippen LogP contribution in [0, 0.1) is 0 Å². The van der Waals surface area contributed by atoms with Crippen molar-refractivity contribution in [3.05, 3.63) is 35.2 Å². The summed E-state index contributed by atoms with van der Waals surface area (Å²) >= 11 is 0. The summed E-state index contributed by atoms with van der Waals surface area (Å²) in [5.41, 5.74) is 2.46. The lowest BCUT2D eigenvalue weighted by Crippen LogP contribution is -2.06. The number of hydrogen-bond donors (Lipinski definition) is 0. The Bertz CT molecular complexity index is 278. The first-order valence-electron chi connectivity index (χ1n) is 5.72. The minimum atomic E-state index is 0.991. The maximum Gasteiger partial charge on any atom is -0.0196 e. The second-order valence-electron chi connectivity index (χ2n) is 4.16. The molecule has 1 saturated carbocycles. The van der Waals surface area contributed by atoms with Gasteiger partial charge in [-0.3, -0.25) is 0 Å². The van der Waals surface area contributed by atoms with Crippen LogP contribution in [-0.4, -0.2) is 5.66 Å². The Kier molecular flexibility index (Phi) is 3.59. The minimum Gasteiger partial charge on any atom is -0.0866 e. The monoisotopic (exact) mass is 206 g/mol. The van der Waals surface area contributed by atoms with Crippen LogP contribution < -0.4 is 0 Å². The highest BCUT2D eigenvalue weighted by Gasteiger charge is 2.16. The van der Waals surface area contributed by atoms with Crippen LogP contribution in [0.3, 0.4) is 0 Å². The Morgan fingerprint density at radius 1 is 1.29 bits per heavy atom. The minimum absolute atomic E-state index is 0.991. The van der Waals surface area contributed by atoms with Gasteiger partial charge in [0.15, 0.2) is 0 Å². The van der Waals surface area contributed by atoms with Crippen LogP contribution in [0.1, 0.15) is 39.0 Å². The molecule has 0 N–H and O–H groups in total. The zero-order chi connectivity index (χ0) is 9.80. The third-order valence-corrected chi connectivity index (χ3v) is 4.88. The van der Waals surface area contributed by atoms with Crippen molar-refractivity contribution < 1.29 is 0 Å². The van der Waals surface area contributed by atoms with Crippen molar-refractivity contribution >= 4 is 8.58 Å². The van der Waals surface area contributed by atoms with Gasteiger partial charge in [0.25, 0.3) is 0 Å². The Balaban J connectivity index is 1.91. The molecular weight excluding hydrogens is 187 g/mol. The average Bonchev–Trinajstić information content (AvgIpc) is 2.67. The molecule has 0 heterocycles. The van der Waals surface area contributed by atoms with E-state index in [-0.39, 0.29) is 0 Å². The van der Waals surface area contributed by atoms with Crippen LogP contribution in [0.4, 0.5) is 0 Å². The summed E-state index contributed by atoms with van der Waals surface area (Å²) in [6.07, 6.45) is 16.3. The van der Waals surface area contributed by atoms with Gasteiger partial charge in [-0.05, 0) is 36.3 Å². The number of allylic oxidation sites excluding steroid dienone is 6. The van der Waals surface area contributed by atoms with Crippen molar-refractivity contribution in [3.63, 3.8) is 0 Å². The summed E-state index contributed by atoms with van der Waals surface area (Å²) in [4.78, 5) is 0. The van der Waals surface area contributed by atoms with Crippen LogP contribution in [0.25, 0.3) is 0 Å². The van der Waals surface area contributed by atoms with E-state index in [0.29, 0.717) is 0 Å². The Hall–Kier alpha value is -0.350. The molecule has 0 bridgehead atoms. The molecule has 0 saturated heterocycles. The Labute approximate surface area is 89.0 Å². The summed E-state index contributed by atoms with van der Waals surface area (Å²) < 4.78 is 0. The lowest BCUT2D eigenvalue weighted by molar-refractivity contribution is 0.514. The summed E-state index contributed by atoms with van der Waals surface area (Å²) in [5, 5.41) is 1.60. The van der Waals surface area contributed by atoms with Gasteiger partial charge >= 0.3 is 0 Å². The quantitative estimate of drug-likeness (QED) is 0.587. The van der Waals surface area contributed by atoms with E-state index in [1.165, 1.54) is 37.7 Å². The van der Waals surface area contributed by atoms with Crippen LogP contribution in [-0.2, 0) is 0 Å². The number of rotatable bonds is 2. The van der Waals surface area contributed by atoms with Gasteiger partial charge in [0.2, 0.25) is 0 Å². The smallest absolute Gasteiger partial charge is 0.0196 e. The molecule has 14 heavy (non-hydrogen) atoms. The molecule has 0 nitrogen and oxygen atoms in total. The summed E-state index contributed by atoms with van der Waals surface area (Å²) in [7, 11) is 1.05. The molecule has 0 aliphatic heterocycles. The van der Waals surface area contributed by atoms with E-state index >= 15 is 0 Å². The van der Waals surface area contributed by atoms with Gasteiger partial charge < -0.3 is 0 Å². The normalized spacial score (nSPS) is 26.6. The lowest BCUT2D eigenvalue weighted by atomic mass is 10.0. The summed E-state index contributed by atoms with van der Waals surface area (Å²) in [6.45, 7) is 2.14. The summed E-state index contributed by atoms with van der Waals surface area (Å²) in [6, 6.07) is 0. The second kappa shape index (κ2) is 4.94. The fourth-order valence-electron chi connectivity index (χ4n) is 2.28. The molecule has 0 aromatic carbocycles. The summed E-state index contributed by atoms with van der Waals surface area (Å²) in [5.74, 6) is 0. The first kappa shape index (κ1) is 10.2. The Morgan fingerprint density at radius 2 is 2.07 bits per heavy atom. The largest absolute Gasteiger partial charge is 0.0866 e. The molecule has 1 fully saturated rings. The van der Waals surface area contributed by atoms with E-state index in [1.54, 1.807) is 5.31 Å². The van der Waals surface area contributed by atoms with E-state index in [4.69, 9.17) is 0 Å². The second-order valence-corrected chi connectivity index (χ2v) is 5.81. The lowest BCUT2D eigenvalue weighted by Gasteiger charge is -2.22. The van der Waals surface area contributed by atoms with Crippen molar-refractivity contribution in [1.82, 2.24) is 0 Å². The van der Waals surface area contributed by atoms with Crippen molar-refractivity contribution in [1.29, 1.82) is 0 Å². The molecule has 1 atom stereocenters. The molecular formula is C13H19P. The molecule has 1 heteroatoms. The van der Waals surface area contributed by atoms with Gasteiger partial charge in [0.1, 0.15) is 0 Å². The molecule has 2 aliphatic rings. The highest BCUT2D eigenvalue weighted by atomic mass is 31.1. The van der Waals surface area contributed by atoms with Crippen molar-refractivity contribution in [3.8, 4) is 0 Å². The maximum absolute atomic E-state index is 2.31. The standard InChI is InChI=1S/C13H19P/c1-2-11-7-6-10-13(11)14-12-8-4-3-5-9-12/h2,6-7,10,12,14H,3-5,8-9H2,1H3. The molecule has 0 spiro atoms. The SMILES string of the molecule is CC=C1C=CC=C1PC1CCCCC1. The Morgan fingerprint density at radius 3 is 2.79 bits per heavy atom. The topological polar surface area (TPSA) is 0 Å². The molecule has 0 aromatic heterocycles. The molecule has 76 valence electrons. The molecule has 1 unspecified atom stereocenters. The molecule has 0 radical (unpaired) electrons. The fraction of sp³-hybridized carbons (Fsp3) is 0.538. The van der Waals surface area contributed by atoms with Gasteiger partial charge in [-0.15, -0.1) is 0 Å². The fourth-order valence-corrected chi connectivity index (χ4v) is 4.01. The van der Waals surface area contributed by atoms with Crippen molar-refractivity contribution in [2.24, 2.45) is 0 Å². The van der Waals surface area contributed by atoms with Crippen LogP contribution in [0.2, 0.25) is 0 Å². The molecule has 0 aromatic rings. The predicted molar refractivity (Wildman–Crippen MR) is 66.2 cm³/mol. The van der Waals surface area contributed by atoms with E-state index in [9.17, 15) is 0 Å². The third kappa shape index (κ3) is 2.36. The maximum atomic E-state index is 2.31. The van der Waals surface area contributed by atoms with E-state index < -0.39 is 0 Å². The van der Waals surface area contributed by atoms with Gasteiger partial charge in [-0.2, -0.15) is 0 Å². The van der Waals surface area contributed by atoms with Gasteiger partial charge in [0, 0.05) is 0 Å².